The number of carbonyl (C=O) groups excluding carboxylic acids is 4. The lowest BCUT2D eigenvalue weighted by molar-refractivity contribution is -0.143. The van der Waals surface area contributed by atoms with E-state index in [1.54, 1.807) is 0 Å². The Morgan fingerprint density at radius 1 is 0.853 bits per heavy atom. The van der Waals surface area contributed by atoms with Gasteiger partial charge in [-0.25, -0.2) is 0 Å². The third-order valence-electron chi connectivity index (χ3n) is 4.51. The zero-order valence-corrected chi connectivity index (χ0v) is 18.2. The van der Waals surface area contributed by atoms with Gasteiger partial charge in [0.2, 0.25) is 23.6 Å². The van der Waals surface area contributed by atoms with Crippen LogP contribution < -0.4 is 27.4 Å². The number of primary amides is 1. The molecule has 0 heterocycles. The van der Waals surface area contributed by atoms with E-state index in [1.165, 1.54) is 31.2 Å². The second-order valence-corrected chi connectivity index (χ2v) is 7.44. The SMILES string of the molecule is CC(NC(=O)C(Cc1ccc(O)cc1)NC(=O)C(CC(=O)O)NC(=O)C(N)CC(N)=O)C(=O)O. The summed E-state index contributed by atoms with van der Waals surface area (Å²) in [5, 5.41) is 34.2. The molecule has 34 heavy (non-hydrogen) atoms. The van der Waals surface area contributed by atoms with E-state index < -0.39 is 72.6 Å². The van der Waals surface area contributed by atoms with Crippen molar-refractivity contribution < 1.29 is 44.1 Å². The molecule has 1 rings (SSSR count). The Hall–Kier alpha value is -4.20. The minimum absolute atomic E-state index is 0.0511. The van der Waals surface area contributed by atoms with Crippen molar-refractivity contribution in [2.24, 2.45) is 11.5 Å². The van der Waals surface area contributed by atoms with Crippen LogP contribution in [-0.2, 0) is 35.2 Å². The van der Waals surface area contributed by atoms with Crippen molar-refractivity contribution in [3.8, 4) is 5.75 Å². The predicted molar refractivity (Wildman–Crippen MR) is 115 cm³/mol. The lowest BCUT2D eigenvalue weighted by atomic mass is 10.0. The van der Waals surface area contributed by atoms with Gasteiger partial charge in [-0.05, 0) is 24.6 Å². The number of amides is 4. The van der Waals surface area contributed by atoms with Crippen molar-refractivity contribution in [2.75, 3.05) is 0 Å². The van der Waals surface area contributed by atoms with Gasteiger partial charge in [0.05, 0.1) is 18.9 Å². The number of carboxylic acid groups (broad SMARTS) is 2. The van der Waals surface area contributed by atoms with E-state index in [0.717, 1.165) is 0 Å². The maximum Gasteiger partial charge on any atom is 0.325 e. The highest BCUT2D eigenvalue weighted by Gasteiger charge is 2.31. The molecule has 10 N–H and O–H groups in total. The van der Waals surface area contributed by atoms with Crippen molar-refractivity contribution >= 4 is 35.6 Å². The van der Waals surface area contributed by atoms with E-state index in [-0.39, 0.29) is 12.2 Å². The summed E-state index contributed by atoms with van der Waals surface area (Å²) in [7, 11) is 0. The number of nitrogens with one attached hydrogen (secondary N) is 3. The van der Waals surface area contributed by atoms with E-state index >= 15 is 0 Å². The van der Waals surface area contributed by atoms with Crippen LogP contribution in [0.3, 0.4) is 0 Å². The Bertz CT molecular complexity index is 935. The van der Waals surface area contributed by atoms with Gasteiger partial charge >= 0.3 is 11.9 Å². The third kappa shape index (κ3) is 9.52. The first-order valence-electron chi connectivity index (χ1n) is 9.97. The number of nitrogens with two attached hydrogens (primary N) is 2. The molecule has 0 bridgehead atoms. The van der Waals surface area contributed by atoms with Crippen LogP contribution in [-0.4, -0.2) is 75.1 Å². The molecular formula is C20H27N5O9. The standard InChI is InChI=1S/C20H27N5O9/c1-9(20(33)34)23-18(31)13(6-10-2-4-11(26)5-3-10)25-19(32)14(8-16(28)29)24-17(30)12(21)7-15(22)27/h2-5,9,12-14,26H,6-8,21H2,1H3,(H2,22,27)(H,23,31)(H,24,30)(H,25,32)(H,28,29)(H,33,34). The van der Waals surface area contributed by atoms with Gasteiger partial charge in [-0.2, -0.15) is 0 Å². The minimum atomic E-state index is -1.67. The summed E-state index contributed by atoms with van der Waals surface area (Å²) in [5.74, 6) is -6.69. The smallest absolute Gasteiger partial charge is 0.325 e. The van der Waals surface area contributed by atoms with E-state index in [9.17, 15) is 33.9 Å². The van der Waals surface area contributed by atoms with Crippen molar-refractivity contribution in [3.05, 3.63) is 29.8 Å². The molecule has 0 fully saturated rings. The quantitative estimate of drug-likeness (QED) is 0.143. The van der Waals surface area contributed by atoms with E-state index in [4.69, 9.17) is 21.7 Å². The number of aromatic hydroxyl groups is 1. The molecule has 14 nitrogen and oxygen atoms in total. The number of carboxylic acids is 2. The van der Waals surface area contributed by atoms with Crippen molar-refractivity contribution in [1.82, 2.24) is 16.0 Å². The molecule has 1 aromatic carbocycles. The summed E-state index contributed by atoms with van der Waals surface area (Å²) in [4.78, 5) is 70.8. The summed E-state index contributed by atoms with van der Waals surface area (Å²) in [6, 6.07) is -0.188. The monoisotopic (exact) mass is 481 g/mol. The Kier molecular flexibility index (Phi) is 10.4. The molecule has 0 aliphatic heterocycles. The zero-order valence-electron chi connectivity index (χ0n) is 18.2. The van der Waals surface area contributed by atoms with Crippen LogP contribution in [0.2, 0.25) is 0 Å². The molecule has 4 unspecified atom stereocenters. The van der Waals surface area contributed by atoms with E-state index in [1.807, 2.05) is 0 Å². The van der Waals surface area contributed by atoms with Gasteiger partial charge in [0, 0.05) is 6.42 Å². The van der Waals surface area contributed by atoms with Gasteiger partial charge < -0.3 is 42.7 Å². The molecule has 186 valence electrons. The highest BCUT2D eigenvalue weighted by molar-refractivity contribution is 5.96. The second kappa shape index (κ2) is 12.7. The number of phenols is 1. The normalized spacial score (nSPS) is 14.1. The number of hydrogen-bond donors (Lipinski definition) is 8. The largest absolute Gasteiger partial charge is 0.508 e. The molecule has 0 saturated heterocycles. The van der Waals surface area contributed by atoms with Gasteiger partial charge in [-0.15, -0.1) is 0 Å². The molecule has 4 atom stereocenters. The fourth-order valence-corrected chi connectivity index (χ4v) is 2.70. The lowest BCUT2D eigenvalue weighted by Crippen LogP contribution is -2.58. The number of hydrogen-bond acceptors (Lipinski definition) is 8. The number of phenolic OH excluding ortho intramolecular Hbond substituents is 1. The van der Waals surface area contributed by atoms with Crippen LogP contribution in [0.1, 0.15) is 25.3 Å². The Morgan fingerprint density at radius 3 is 1.88 bits per heavy atom. The Balaban J connectivity index is 3.09. The number of aliphatic carboxylic acids is 2. The van der Waals surface area contributed by atoms with E-state index in [2.05, 4.69) is 16.0 Å². The third-order valence-corrected chi connectivity index (χ3v) is 4.51. The van der Waals surface area contributed by atoms with Crippen LogP contribution in [0.25, 0.3) is 0 Å². The van der Waals surface area contributed by atoms with Crippen molar-refractivity contribution in [2.45, 2.75) is 50.4 Å². The van der Waals surface area contributed by atoms with Crippen LogP contribution in [0.15, 0.2) is 24.3 Å². The van der Waals surface area contributed by atoms with Crippen molar-refractivity contribution in [3.63, 3.8) is 0 Å². The van der Waals surface area contributed by atoms with Crippen LogP contribution >= 0.6 is 0 Å². The average molecular weight is 481 g/mol. The molecule has 1 aromatic rings. The molecular weight excluding hydrogens is 454 g/mol. The van der Waals surface area contributed by atoms with Gasteiger partial charge in [-0.3, -0.25) is 28.8 Å². The summed E-state index contributed by atoms with van der Waals surface area (Å²) in [5.41, 5.74) is 11.0. The van der Waals surface area contributed by atoms with Crippen LogP contribution in [0.4, 0.5) is 0 Å². The molecule has 0 aliphatic carbocycles. The zero-order chi connectivity index (χ0) is 26.0. The second-order valence-electron chi connectivity index (χ2n) is 7.44. The molecule has 0 aliphatic rings. The molecule has 14 heteroatoms. The number of benzene rings is 1. The topological polar surface area (TPSA) is 251 Å². The highest BCUT2D eigenvalue weighted by Crippen LogP contribution is 2.12. The fraction of sp³-hybridized carbons (Fsp3) is 0.400. The summed E-state index contributed by atoms with van der Waals surface area (Å²) >= 11 is 0. The molecule has 0 aromatic heterocycles. The predicted octanol–water partition coefficient (Wildman–Crippen LogP) is -2.83. The molecule has 0 spiro atoms. The lowest BCUT2D eigenvalue weighted by Gasteiger charge is -2.24. The van der Waals surface area contributed by atoms with Crippen LogP contribution in [0, 0.1) is 0 Å². The van der Waals surface area contributed by atoms with Gasteiger partial charge in [0.1, 0.15) is 23.9 Å². The van der Waals surface area contributed by atoms with Gasteiger partial charge in [0.25, 0.3) is 0 Å². The summed E-state index contributed by atoms with van der Waals surface area (Å²) in [6.07, 6.45) is -1.58. The van der Waals surface area contributed by atoms with Crippen LogP contribution in [0.5, 0.6) is 5.75 Å². The van der Waals surface area contributed by atoms with Crippen molar-refractivity contribution in [1.29, 1.82) is 0 Å². The van der Waals surface area contributed by atoms with Gasteiger partial charge in [0.15, 0.2) is 0 Å². The van der Waals surface area contributed by atoms with Gasteiger partial charge in [-0.1, -0.05) is 12.1 Å². The maximum absolute atomic E-state index is 12.8. The Labute approximate surface area is 193 Å². The number of rotatable bonds is 13. The summed E-state index contributed by atoms with van der Waals surface area (Å²) in [6.45, 7) is 1.20. The molecule has 0 saturated carbocycles. The first-order valence-corrected chi connectivity index (χ1v) is 9.97. The first kappa shape index (κ1) is 27.8. The minimum Gasteiger partial charge on any atom is -0.508 e. The summed E-state index contributed by atoms with van der Waals surface area (Å²) < 4.78 is 0. The fourth-order valence-electron chi connectivity index (χ4n) is 2.70. The first-order chi connectivity index (χ1) is 15.8. The van der Waals surface area contributed by atoms with E-state index in [0.29, 0.717) is 5.56 Å². The maximum atomic E-state index is 12.8. The number of carbonyl (C=O) groups is 6. The Morgan fingerprint density at radius 2 is 1.38 bits per heavy atom. The molecule has 0 radical (unpaired) electrons. The molecule has 4 amide bonds. The average Bonchev–Trinajstić information content (AvgIpc) is 2.73. The highest BCUT2D eigenvalue weighted by atomic mass is 16.4.